The van der Waals surface area contributed by atoms with Crippen LogP contribution in [0, 0.1) is 0 Å². The van der Waals surface area contributed by atoms with Crippen molar-refractivity contribution in [1.82, 2.24) is 5.32 Å². The van der Waals surface area contributed by atoms with Crippen LogP contribution >= 0.6 is 15.9 Å². The van der Waals surface area contributed by atoms with Gasteiger partial charge < -0.3 is 10.4 Å². The largest absolute Gasteiger partial charge is 0.480 e. The molecule has 19 heavy (non-hydrogen) atoms. The fraction of sp³-hybridized carbons (Fsp3) is 0.385. The summed E-state index contributed by atoms with van der Waals surface area (Å²) < 4.78 is 0.778. The summed E-state index contributed by atoms with van der Waals surface area (Å²) in [5.74, 6) is -1.25. The number of nitrogens with one attached hydrogen (secondary N) is 2. The zero-order valence-electron chi connectivity index (χ0n) is 10.9. The Bertz CT molecular complexity index is 479. The van der Waals surface area contributed by atoms with Gasteiger partial charge in [0, 0.05) is 4.47 Å². The molecule has 0 radical (unpaired) electrons. The van der Waals surface area contributed by atoms with Gasteiger partial charge in [-0.3, -0.25) is 14.9 Å². The van der Waals surface area contributed by atoms with Crippen molar-refractivity contribution in [2.75, 3.05) is 11.9 Å². The topological polar surface area (TPSA) is 78.4 Å². The van der Waals surface area contributed by atoms with Crippen LogP contribution in [-0.2, 0) is 9.59 Å². The van der Waals surface area contributed by atoms with Crippen molar-refractivity contribution in [2.24, 2.45) is 0 Å². The Morgan fingerprint density at radius 1 is 1.37 bits per heavy atom. The van der Waals surface area contributed by atoms with E-state index >= 15 is 0 Å². The molecular weight excluding hydrogens is 312 g/mol. The minimum absolute atomic E-state index is 0.0576. The maximum atomic E-state index is 11.8. The minimum atomic E-state index is -1.09. The van der Waals surface area contributed by atoms with Crippen molar-refractivity contribution in [3.63, 3.8) is 0 Å². The first kappa shape index (κ1) is 15.7. The van der Waals surface area contributed by atoms with Crippen molar-refractivity contribution < 1.29 is 14.7 Å². The highest BCUT2D eigenvalue weighted by Crippen LogP contribution is 2.20. The van der Waals surface area contributed by atoms with Gasteiger partial charge in [-0.1, -0.05) is 19.1 Å². The Labute approximate surface area is 120 Å². The summed E-state index contributed by atoms with van der Waals surface area (Å²) in [5.41, 5.74) is -0.437. The number of hydrogen-bond acceptors (Lipinski definition) is 3. The molecule has 0 aliphatic heterocycles. The third-order valence-electron chi connectivity index (χ3n) is 2.97. The van der Waals surface area contributed by atoms with Gasteiger partial charge >= 0.3 is 5.97 Å². The molecule has 1 aromatic rings. The van der Waals surface area contributed by atoms with Gasteiger partial charge in [-0.2, -0.15) is 0 Å². The first-order valence-corrected chi connectivity index (χ1v) is 6.71. The van der Waals surface area contributed by atoms with Crippen LogP contribution in [0.15, 0.2) is 28.7 Å². The van der Waals surface area contributed by atoms with E-state index in [0.29, 0.717) is 12.1 Å². The summed E-state index contributed by atoms with van der Waals surface area (Å²) in [6.45, 7) is 3.26. The molecule has 1 unspecified atom stereocenters. The minimum Gasteiger partial charge on any atom is -0.480 e. The van der Waals surface area contributed by atoms with Crippen molar-refractivity contribution in [2.45, 2.75) is 25.8 Å². The molecule has 0 heterocycles. The number of aliphatic carboxylic acids is 1. The summed E-state index contributed by atoms with van der Waals surface area (Å²) in [7, 11) is 0. The number of halogens is 1. The number of carbonyl (C=O) groups excluding carboxylic acids is 1. The van der Waals surface area contributed by atoms with E-state index in [-0.39, 0.29) is 12.5 Å². The zero-order chi connectivity index (χ0) is 14.5. The second-order valence-corrected chi connectivity index (χ2v) is 5.23. The summed E-state index contributed by atoms with van der Waals surface area (Å²) in [6.07, 6.45) is 0.393. The smallest absolute Gasteiger partial charge is 0.323 e. The molecule has 0 aliphatic carbocycles. The lowest BCUT2D eigenvalue weighted by atomic mass is 9.99. The molecule has 1 amide bonds. The number of rotatable bonds is 6. The van der Waals surface area contributed by atoms with E-state index in [0.717, 1.165) is 4.47 Å². The first-order valence-electron chi connectivity index (χ1n) is 5.92. The zero-order valence-corrected chi connectivity index (χ0v) is 12.5. The fourth-order valence-electron chi connectivity index (χ4n) is 1.38. The van der Waals surface area contributed by atoms with Gasteiger partial charge in [0.2, 0.25) is 5.91 Å². The molecule has 0 saturated heterocycles. The number of para-hydroxylation sites is 1. The monoisotopic (exact) mass is 328 g/mol. The van der Waals surface area contributed by atoms with Crippen LogP contribution < -0.4 is 10.6 Å². The predicted molar refractivity (Wildman–Crippen MR) is 77.1 cm³/mol. The maximum absolute atomic E-state index is 11.8. The number of benzene rings is 1. The Morgan fingerprint density at radius 3 is 2.53 bits per heavy atom. The van der Waals surface area contributed by atoms with Gasteiger partial charge in [0.1, 0.15) is 5.54 Å². The Morgan fingerprint density at radius 2 is 2.00 bits per heavy atom. The molecule has 0 aliphatic rings. The van der Waals surface area contributed by atoms with Gasteiger partial charge in [-0.15, -0.1) is 0 Å². The summed E-state index contributed by atoms with van der Waals surface area (Å²) in [5, 5.41) is 14.5. The first-order chi connectivity index (χ1) is 8.89. The number of hydrogen-bond donors (Lipinski definition) is 3. The molecule has 1 rings (SSSR count). The molecule has 5 nitrogen and oxygen atoms in total. The average Bonchev–Trinajstić information content (AvgIpc) is 2.38. The van der Waals surface area contributed by atoms with Crippen LogP contribution in [0.3, 0.4) is 0 Å². The van der Waals surface area contributed by atoms with Crippen molar-refractivity contribution in [1.29, 1.82) is 0 Å². The SMILES string of the molecule is CCC(C)(NCC(=O)Nc1ccccc1Br)C(=O)O. The van der Waals surface area contributed by atoms with Crippen molar-refractivity contribution in [3.8, 4) is 0 Å². The van der Waals surface area contributed by atoms with Gasteiger partial charge in [-0.25, -0.2) is 0 Å². The third kappa shape index (κ3) is 4.33. The average molecular weight is 329 g/mol. The highest BCUT2D eigenvalue weighted by Gasteiger charge is 2.30. The van der Waals surface area contributed by atoms with Crippen LogP contribution in [0.4, 0.5) is 5.69 Å². The lowest BCUT2D eigenvalue weighted by Crippen LogP contribution is -2.51. The lowest BCUT2D eigenvalue weighted by molar-refractivity contribution is -0.144. The summed E-state index contributed by atoms with van der Waals surface area (Å²) >= 11 is 3.32. The summed E-state index contributed by atoms with van der Waals surface area (Å²) in [4.78, 5) is 22.8. The van der Waals surface area contributed by atoms with Gasteiger partial charge in [0.25, 0.3) is 0 Å². The summed E-state index contributed by atoms with van der Waals surface area (Å²) in [6, 6.07) is 7.23. The van der Waals surface area contributed by atoms with E-state index in [2.05, 4.69) is 26.6 Å². The molecule has 1 aromatic carbocycles. The molecule has 6 heteroatoms. The van der Waals surface area contributed by atoms with Crippen molar-refractivity contribution >= 4 is 33.5 Å². The van der Waals surface area contributed by atoms with Crippen LogP contribution in [-0.4, -0.2) is 29.1 Å². The Balaban J connectivity index is 2.58. The molecule has 3 N–H and O–H groups in total. The highest BCUT2D eigenvalue weighted by atomic mass is 79.9. The standard InChI is InChI=1S/C13H17BrN2O3/c1-3-13(2,12(18)19)15-8-11(17)16-10-7-5-4-6-9(10)14/h4-7,15H,3,8H2,1-2H3,(H,16,17)(H,18,19). The molecule has 0 spiro atoms. The van der Waals surface area contributed by atoms with Crippen LogP contribution in [0.5, 0.6) is 0 Å². The molecule has 0 fully saturated rings. The fourth-order valence-corrected chi connectivity index (χ4v) is 1.77. The predicted octanol–water partition coefficient (Wildman–Crippen LogP) is 2.23. The number of carboxylic acid groups (broad SMARTS) is 1. The second-order valence-electron chi connectivity index (χ2n) is 4.37. The normalized spacial score (nSPS) is 13.6. The van der Waals surface area contributed by atoms with Gasteiger partial charge in [0.15, 0.2) is 0 Å². The lowest BCUT2D eigenvalue weighted by Gasteiger charge is -2.24. The second kappa shape index (κ2) is 6.68. The Hall–Kier alpha value is -1.40. The quantitative estimate of drug-likeness (QED) is 0.748. The molecule has 0 bridgehead atoms. The van der Waals surface area contributed by atoms with E-state index in [4.69, 9.17) is 5.11 Å². The van der Waals surface area contributed by atoms with E-state index in [1.54, 1.807) is 26.0 Å². The van der Waals surface area contributed by atoms with E-state index in [1.807, 2.05) is 12.1 Å². The maximum Gasteiger partial charge on any atom is 0.323 e. The molecule has 0 aromatic heterocycles. The van der Waals surface area contributed by atoms with Gasteiger partial charge in [-0.05, 0) is 41.4 Å². The van der Waals surface area contributed by atoms with E-state index in [1.165, 1.54) is 0 Å². The van der Waals surface area contributed by atoms with Crippen LogP contribution in [0.1, 0.15) is 20.3 Å². The third-order valence-corrected chi connectivity index (χ3v) is 3.66. The number of amides is 1. The van der Waals surface area contributed by atoms with Crippen LogP contribution in [0.2, 0.25) is 0 Å². The number of anilines is 1. The molecular formula is C13H17BrN2O3. The van der Waals surface area contributed by atoms with Crippen LogP contribution in [0.25, 0.3) is 0 Å². The number of carboxylic acids is 1. The van der Waals surface area contributed by atoms with E-state index in [9.17, 15) is 9.59 Å². The molecule has 1 atom stereocenters. The molecule has 104 valence electrons. The van der Waals surface area contributed by atoms with Gasteiger partial charge in [0.05, 0.1) is 12.2 Å². The molecule has 0 saturated carbocycles. The van der Waals surface area contributed by atoms with Crippen molar-refractivity contribution in [3.05, 3.63) is 28.7 Å². The van der Waals surface area contributed by atoms with E-state index < -0.39 is 11.5 Å². The Kier molecular flexibility index (Phi) is 5.50. The highest BCUT2D eigenvalue weighted by molar-refractivity contribution is 9.10. The number of carbonyl (C=O) groups is 2.